The van der Waals surface area contributed by atoms with Gasteiger partial charge in [0.25, 0.3) is 0 Å². The monoisotopic (exact) mass is 511 g/mol. The van der Waals surface area contributed by atoms with Crippen molar-refractivity contribution in [2.24, 2.45) is 0 Å². The van der Waals surface area contributed by atoms with E-state index in [-0.39, 0.29) is 12.2 Å². The predicted molar refractivity (Wildman–Crippen MR) is 144 cm³/mol. The van der Waals surface area contributed by atoms with Crippen LogP contribution in [0.3, 0.4) is 0 Å². The summed E-state index contributed by atoms with van der Waals surface area (Å²) in [6.07, 6.45) is 3.04. The van der Waals surface area contributed by atoms with Gasteiger partial charge in [-0.05, 0) is 54.5 Å². The van der Waals surface area contributed by atoms with E-state index in [4.69, 9.17) is 19.0 Å². The molecule has 0 aliphatic heterocycles. The lowest BCUT2D eigenvalue weighted by Gasteiger charge is -2.38. The molecule has 0 radical (unpaired) electrons. The Morgan fingerprint density at radius 1 is 0.974 bits per heavy atom. The number of ether oxygens (including phenoxy) is 2. The van der Waals surface area contributed by atoms with E-state index in [2.05, 4.69) is 17.3 Å². The molecule has 1 amide bonds. The Kier molecular flexibility index (Phi) is 7.73. The molecule has 1 fully saturated rings. The molecule has 196 valence electrons. The Labute approximate surface area is 223 Å². The summed E-state index contributed by atoms with van der Waals surface area (Å²) in [4.78, 5) is 19.3. The second-order valence-corrected chi connectivity index (χ2v) is 9.91. The van der Waals surface area contributed by atoms with E-state index in [1.807, 2.05) is 72.8 Å². The van der Waals surface area contributed by atoms with Crippen molar-refractivity contribution in [2.45, 2.75) is 50.2 Å². The maximum atomic E-state index is 12.8. The van der Waals surface area contributed by atoms with E-state index in [1.54, 1.807) is 19.1 Å². The Bertz CT molecular complexity index is 1330. The minimum Gasteiger partial charge on any atom is -0.497 e. The van der Waals surface area contributed by atoms with Crippen molar-refractivity contribution in [1.29, 1.82) is 0 Å². The Morgan fingerprint density at radius 2 is 1.66 bits per heavy atom. The smallest absolute Gasteiger partial charge is 0.410 e. The lowest BCUT2D eigenvalue weighted by Crippen LogP contribution is -2.39. The summed E-state index contributed by atoms with van der Waals surface area (Å²) in [5.74, 6) is 2.05. The molecule has 1 aliphatic rings. The van der Waals surface area contributed by atoms with Gasteiger partial charge in [0.1, 0.15) is 11.9 Å². The second kappa shape index (κ2) is 11.5. The Balaban J connectivity index is 1.29. The van der Waals surface area contributed by atoms with E-state index in [9.17, 15) is 4.79 Å². The van der Waals surface area contributed by atoms with Crippen molar-refractivity contribution in [3.63, 3.8) is 0 Å². The van der Waals surface area contributed by atoms with Gasteiger partial charge in [-0.1, -0.05) is 78.0 Å². The van der Waals surface area contributed by atoms with Crippen LogP contribution in [-0.4, -0.2) is 41.4 Å². The van der Waals surface area contributed by atoms with Crippen molar-refractivity contribution < 1.29 is 18.8 Å². The number of amides is 1. The van der Waals surface area contributed by atoms with Crippen LogP contribution in [0.4, 0.5) is 4.79 Å². The zero-order chi connectivity index (χ0) is 26.4. The number of rotatable bonds is 8. The van der Waals surface area contributed by atoms with E-state index < -0.39 is 5.41 Å². The van der Waals surface area contributed by atoms with Gasteiger partial charge in [-0.25, -0.2) is 4.79 Å². The molecule has 7 nitrogen and oxygen atoms in total. The van der Waals surface area contributed by atoms with Crippen molar-refractivity contribution in [3.8, 4) is 5.75 Å². The molecule has 0 N–H and O–H groups in total. The molecule has 0 atom stereocenters. The highest BCUT2D eigenvalue weighted by Crippen LogP contribution is 2.44. The quantitative estimate of drug-likeness (QED) is 0.282. The summed E-state index contributed by atoms with van der Waals surface area (Å²) >= 11 is 0. The van der Waals surface area contributed by atoms with E-state index in [1.165, 1.54) is 0 Å². The minimum absolute atomic E-state index is 0.152. The molecule has 3 aromatic carbocycles. The number of hydrogen-bond donors (Lipinski definition) is 0. The molecular weight excluding hydrogens is 478 g/mol. The molecule has 7 heteroatoms. The first kappa shape index (κ1) is 25.5. The van der Waals surface area contributed by atoms with Crippen molar-refractivity contribution in [1.82, 2.24) is 15.0 Å². The maximum Gasteiger partial charge on any atom is 0.410 e. The van der Waals surface area contributed by atoms with Crippen LogP contribution in [0.5, 0.6) is 5.75 Å². The molecule has 1 aromatic heterocycles. The van der Waals surface area contributed by atoms with Crippen LogP contribution in [0.25, 0.3) is 0 Å². The number of hydrogen-bond acceptors (Lipinski definition) is 6. The summed E-state index contributed by atoms with van der Waals surface area (Å²) < 4.78 is 17.0. The fourth-order valence-corrected chi connectivity index (χ4v) is 5.23. The third-order valence-electron chi connectivity index (χ3n) is 7.34. The molecule has 0 spiro atoms. The average molecular weight is 512 g/mol. The SMILES string of the molecule is COc1cccc(Cc2nc(C3(c4ccccc4)CCC(OC(=O)N(C)Cc4ccccc4)CC3)no2)c1. The highest BCUT2D eigenvalue weighted by atomic mass is 16.6. The molecule has 5 rings (SSSR count). The lowest BCUT2D eigenvalue weighted by atomic mass is 9.68. The van der Waals surface area contributed by atoms with Crippen LogP contribution in [0.15, 0.2) is 89.5 Å². The molecular formula is C31H33N3O4. The van der Waals surface area contributed by atoms with Gasteiger partial charge >= 0.3 is 6.09 Å². The van der Waals surface area contributed by atoms with Gasteiger partial charge in [0.2, 0.25) is 5.89 Å². The fraction of sp³-hybridized carbons (Fsp3) is 0.323. The molecule has 4 aromatic rings. The molecule has 1 saturated carbocycles. The highest BCUT2D eigenvalue weighted by molar-refractivity contribution is 5.67. The van der Waals surface area contributed by atoms with Gasteiger partial charge in [-0.15, -0.1) is 0 Å². The summed E-state index contributed by atoms with van der Waals surface area (Å²) in [5, 5.41) is 4.45. The average Bonchev–Trinajstić information content (AvgIpc) is 3.43. The Hall–Kier alpha value is -4.13. The van der Waals surface area contributed by atoms with Gasteiger partial charge in [0, 0.05) is 13.6 Å². The van der Waals surface area contributed by atoms with Crippen LogP contribution in [-0.2, 0) is 23.1 Å². The van der Waals surface area contributed by atoms with Crippen LogP contribution >= 0.6 is 0 Å². The number of nitrogens with zero attached hydrogens (tertiary/aromatic N) is 3. The minimum atomic E-state index is -0.393. The topological polar surface area (TPSA) is 77.7 Å². The summed E-state index contributed by atoms with van der Waals surface area (Å²) in [7, 11) is 3.43. The third kappa shape index (κ3) is 5.72. The summed E-state index contributed by atoms with van der Waals surface area (Å²) in [6, 6.07) is 28.1. The van der Waals surface area contributed by atoms with E-state index in [0.29, 0.717) is 24.7 Å². The molecule has 0 bridgehead atoms. The summed E-state index contributed by atoms with van der Waals surface area (Å²) in [5.41, 5.74) is 2.87. The zero-order valence-corrected chi connectivity index (χ0v) is 21.9. The number of carbonyl (C=O) groups is 1. The number of benzene rings is 3. The predicted octanol–water partition coefficient (Wildman–Crippen LogP) is 6.17. The standard InChI is InChI=1S/C31H33N3O4/c1-34(22-23-10-5-3-6-11-23)30(35)37-26-16-18-31(19-17-26,25-13-7-4-8-14-25)29-32-28(38-33-29)21-24-12-9-15-27(20-24)36-2/h3-15,20,26H,16-19,21-22H2,1-2H3. The zero-order valence-electron chi connectivity index (χ0n) is 21.9. The lowest BCUT2D eigenvalue weighted by molar-refractivity contribution is 0.0392. The first-order chi connectivity index (χ1) is 18.6. The first-order valence-corrected chi connectivity index (χ1v) is 13.0. The molecule has 1 heterocycles. The van der Waals surface area contributed by atoms with Crippen LogP contribution in [0.2, 0.25) is 0 Å². The molecule has 0 saturated heterocycles. The fourth-order valence-electron chi connectivity index (χ4n) is 5.23. The second-order valence-electron chi connectivity index (χ2n) is 9.91. The number of methoxy groups -OCH3 is 1. The van der Waals surface area contributed by atoms with Crippen LogP contribution < -0.4 is 4.74 Å². The van der Waals surface area contributed by atoms with Crippen LogP contribution in [0.1, 0.15) is 54.1 Å². The van der Waals surface area contributed by atoms with E-state index >= 15 is 0 Å². The largest absolute Gasteiger partial charge is 0.497 e. The maximum absolute atomic E-state index is 12.8. The molecule has 0 unspecified atom stereocenters. The van der Waals surface area contributed by atoms with Crippen molar-refractivity contribution in [3.05, 3.63) is 113 Å². The number of carbonyl (C=O) groups excluding carboxylic acids is 1. The third-order valence-corrected chi connectivity index (χ3v) is 7.34. The van der Waals surface area contributed by atoms with Gasteiger partial charge in [0.05, 0.1) is 18.9 Å². The highest BCUT2D eigenvalue weighted by Gasteiger charge is 2.43. The van der Waals surface area contributed by atoms with Gasteiger partial charge in [-0.3, -0.25) is 0 Å². The summed E-state index contributed by atoms with van der Waals surface area (Å²) in [6.45, 7) is 0.513. The molecule has 1 aliphatic carbocycles. The normalized spacial score (nSPS) is 19.1. The molecule has 38 heavy (non-hydrogen) atoms. The van der Waals surface area contributed by atoms with E-state index in [0.717, 1.165) is 48.1 Å². The van der Waals surface area contributed by atoms with Gasteiger partial charge in [0.15, 0.2) is 5.82 Å². The van der Waals surface area contributed by atoms with Gasteiger partial charge in [-0.2, -0.15) is 4.98 Å². The van der Waals surface area contributed by atoms with Crippen molar-refractivity contribution in [2.75, 3.05) is 14.2 Å². The first-order valence-electron chi connectivity index (χ1n) is 13.0. The Morgan fingerprint density at radius 3 is 2.37 bits per heavy atom. The van der Waals surface area contributed by atoms with Gasteiger partial charge < -0.3 is 18.9 Å². The van der Waals surface area contributed by atoms with Crippen molar-refractivity contribution >= 4 is 6.09 Å². The number of aromatic nitrogens is 2. The van der Waals surface area contributed by atoms with Crippen LogP contribution in [0, 0.1) is 0 Å².